The Kier molecular flexibility index (Phi) is 7.12. The van der Waals surface area contributed by atoms with Crippen molar-refractivity contribution in [3.63, 3.8) is 0 Å². The molecular weight excluding hydrogens is 585 g/mol. The number of furan rings is 1. The van der Waals surface area contributed by atoms with Gasteiger partial charge in [0.2, 0.25) is 0 Å². The molecule has 0 aliphatic heterocycles. The van der Waals surface area contributed by atoms with Gasteiger partial charge in [0.25, 0.3) is 11.8 Å². The first-order valence-corrected chi connectivity index (χ1v) is 14.8. The molecule has 46 heavy (non-hydrogen) atoms. The van der Waals surface area contributed by atoms with Gasteiger partial charge in [-0.25, -0.2) is 4.39 Å². The lowest BCUT2D eigenvalue weighted by atomic mass is 9.95. The Balaban J connectivity index is 1.19. The minimum Gasteiger partial charge on any atom is -0.497 e. The number of nitrogens with one attached hydrogen (secondary N) is 3. The van der Waals surface area contributed by atoms with Crippen LogP contribution in [0.5, 0.6) is 5.75 Å². The van der Waals surface area contributed by atoms with E-state index in [0.717, 1.165) is 35.1 Å². The van der Waals surface area contributed by atoms with Crippen molar-refractivity contribution in [3.05, 3.63) is 113 Å². The van der Waals surface area contributed by atoms with Gasteiger partial charge < -0.3 is 24.8 Å². The summed E-state index contributed by atoms with van der Waals surface area (Å²) in [5.74, 6) is 1.34. The molecule has 2 aromatic heterocycles. The first-order chi connectivity index (χ1) is 22.3. The SMILES string of the molecule is CNC(=O)c1c(-c2ccc(F)cc2)oc2ccc(-c3cc(C(=O)NC4(c5nnc(-c6cccc(OC)c6)[nH]5)CC4)ccc3C)cc12. The summed E-state index contributed by atoms with van der Waals surface area (Å²) in [5.41, 5.74) is 4.77. The third-order valence-electron chi connectivity index (χ3n) is 8.45. The summed E-state index contributed by atoms with van der Waals surface area (Å²) >= 11 is 0. The molecule has 7 rings (SSSR count). The van der Waals surface area contributed by atoms with Gasteiger partial charge in [-0.3, -0.25) is 9.59 Å². The lowest BCUT2D eigenvalue weighted by molar-refractivity contribution is 0.0927. The summed E-state index contributed by atoms with van der Waals surface area (Å²) in [6.07, 6.45) is 1.47. The van der Waals surface area contributed by atoms with E-state index < -0.39 is 5.54 Å². The molecule has 2 amide bonds. The average Bonchev–Trinajstić information content (AvgIpc) is 3.50. The van der Waals surface area contributed by atoms with Crippen LogP contribution in [0.3, 0.4) is 0 Å². The molecule has 6 aromatic rings. The van der Waals surface area contributed by atoms with Crippen molar-refractivity contribution in [1.29, 1.82) is 0 Å². The Morgan fingerprint density at radius 3 is 2.43 bits per heavy atom. The van der Waals surface area contributed by atoms with Gasteiger partial charge in [0.05, 0.1) is 12.7 Å². The van der Waals surface area contributed by atoms with Crippen LogP contribution < -0.4 is 15.4 Å². The molecule has 230 valence electrons. The molecule has 0 bridgehead atoms. The number of nitrogens with zero attached hydrogens (tertiary/aromatic N) is 2. The summed E-state index contributed by atoms with van der Waals surface area (Å²) < 4.78 is 25.1. The van der Waals surface area contributed by atoms with Crippen LogP contribution in [0.1, 0.15) is 44.9 Å². The second kappa shape index (κ2) is 11.3. The van der Waals surface area contributed by atoms with Crippen LogP contribution in [0.2, 0.25) is 0 Å². The second-order valence-corrected chi connectivity index (χ2v) is 11.4. The predicted octanol–water partition coefficient (Wildman–Crippen LogP) is 6.79. The fourth-order valence-corrected chi connectivity index (χ4v) is 5.71. The van der Waals surface area contributed by atoms with Crippen molar-refractivity contribution in [2.45, 2.75) is 25.3 Å². The number of carbonyl (C=O) groups is 2. The van der Waals surface area contributed by atoms with Crippen molar-refractivity contribution in [3.8, 4) is 39.6 Å². The molecule has 0 unspecified atom stereocenters. The van der Waals surface area contributed by atoms with E-state index in [-0.39, 0.29) is 17.6 Å². The van der Waals surface area contributed by atoms with E-state index in [2.05, 4.69) is 25.8 Å². The molecule has 1 fully saturated rings. The van der Waals surface area contributed by atoms with Gasteiger partial charge in [-0.15, -0.1) is 10.2 Å². The van der Waals surface area contributed by atoms with Crippen LogP contribution in [0.4, 0.5) is 4.39 Å². The maximum absolute atomic E-state index is 13.6. The highest BCUT2D eigenvalue weighted by atomic mass is 19.1. The maximum Gasteiger partial charge on any atom is 0.255 e. The summed E-state index contributed by atoms with van der Waals surface area (Å²) in [5, 5.41) is 15.2. The molecule has 0 radical (unpaired) electrons. The number of ether oxygens (including phenoxy) is 1. The highest BCUT2D eigenvalue weighted by Gasteiger charge is 2.49. The molecule has 1 aliphatic carbocycles. The van der Waals surface area contributed by atoms with Gasteiger partial charge in [-0.1, -0.05) is 24.3 Å². The quantitative estimate of drug-likeness (QED) is 0.173. The van der Waals surface area contributed by atoms with E-state index in [1.807, 2.05) is 55.5 Å². The maximum atomic E-state index is 13.6. The van der Waals surface area contributed by atoms with Gasteiger partial charge in [-0.05, 0) is 97.1 Å². The predicted molar refractivity (Wildman–Crippen MR) is 172 cm³/mol. The summed E-state index contributed by atoms with van der Waals surface area (Å²) in [7, 11) is 3.16. The first kappa shape index (κ1) is 29.0. The molecule has 10 heteroatoms. The zero-order valence-electron chi connectivity index (χ0n) is 25.4. The van der Waals surface area contributed by atoms with Crippen LogP contribution in [-0.2, 0) is 5.54 Å². The normalized spacial score (nSPS) is 13.4. The van der Waals surface area contributed by atoms with Crippen molar-refractivity contribution < 1.29 is 23.1 Å². The lowest BCUT2D eigenvalue weighted by Gasteiger charge is -2.16. The van der Waals surface area contributed by atoms with Crippen LogP contribution in [0, 0.1) is 12.7 Å². The highest BCUT2D eigenvalue weighted by molar-refractivity contribution is 6.12. The Morgan fingerprint density at radius 2 is 1.70 bits per heavy atom. The number of halogens is 1. The number of aromatic nitrogens is 3. The Morgan fingerprint density at radius 1 is 0.913 bits per heavy atom. The number of aryl methyl sites for hydroxylation is 1. The molecular formula is C36H30FN5O4. The Bertz CT molecular complexity index is 2130. The number of rotatable bonds is 8. The zero-order valence-corrected chi connectivity index (χ0v) is 25.4. The van der Waals surface area contributed by atoms with Crippen molar-refractivity contribution in [1.82, 2.24) is 25.8 Å². The van der Waals surface area contributed by atoms with Gasteiger partial charge in [0.1, 0.15) is 28.4 Å². The van der Waals surface area contributed by atoms with Crippen LogP contribution in [-0.4, -0.2) is 41.2 Å². The van der Waals surface area contributed by atoms with Crippen LogP contribution in [0.15, 0.2) is 89.3 Å². The smallest absolute Gasteiger partial charge is 0.255 e. The fraction of sp³-hybridized carbons (Fsp3) is 0.167. The van der Waals surface area contributed by atoms with Gasteiger partial charge in [0.15, 0.2) is 11.6 Å². The number of H-pyrrole nitrogens is 1. The van der Waals surface area contributed by atoms with Gasteiger partial charge in [-0.2, -0.15) is 0 Å². The summed E-state index contributed by atoms with van der Waals surface area (Å²) in [6.45, 7) is 1.97. The third-order valence-corrected chi connectivity index (χ3v) is 8.45. The number of hydrogen-bond acceptors (Lipinski definition) is 6. The molecule has 1 saturated carbocycles. The molecule has 9 nitrogen and oxygen atoms in total. The van der Waals surface area contributed by atoms with E-state index in [1.54, 1.807) is 38.4 Å². The van der Waals surface area contributed by atoms with E-state index in [0.29, 0.717) is 50.8 Å². The van der Waals surface area contributed by atoms with Crippen molar-refractivity contribution in [2.24, 2.45) is 0 Å². The van der Waals surface area contributed by atoms with Crippen LogP contribution in [0.25, 0.3) is 44.8 Å². The molecule has 0 spiro atoms. The van der Waals surface area contributed by atoms with Crippen molar-refractivity contribution >= 4 is 22.8 Å². The number of methoxy groups -OCH3 is 1. The molecule has 1 aliphatic rings. The Hall–Kier alpha value is -5.77. The minimum atomic E-state index is -0.624. The van der Waals surface area contributed by atoms with E-state index >= 15 is 0 Å². The zero-order chi connectivity index (χ0) is 32.0. The molecule has 0 saturated heterocycles. The van der Waals surface area contributed by atoms with Crippen molar-refractivity contribution in [2.75, 3.05) is 14.2 Å². The third kappa shape index (κ3) is 5.17. The van der Waals surface area contributed by atoms with Gasteiger partial charge >= 0.3 is 0 Å². The number of fused-ring (bicyclic) bond motifs is 1. The standard InChI is InChI=1S/C36H30FN5O4/c1-20-7-8-24(33(43)40-36(15-16-36)35-39-32(41-42-35)23-5-4-6-26(17-23)45-3)19-27(20)22-11-14-29-28(18-22)30(34(44)38-2)31(46-29)21-9-12-25(37)13-10-21/h4-14,17-19H,15-16H2,1-3H3,(H,38,44)(H,40,43)(H,39,41,42). The number of carbonyl (C=O) groups excluding carboxylic acids is 2. The lowest BCUT2D eigenvalue weighted by Crippen LogP contribution is -2.35. The molecule has 0 atom stereocenters. The molecule has 4 aromatic carbocycles. The topological polar surface area (TPSA) is 122 Å². The fourth-order valence-electron chi connectivity index (χ4n) is 5.71. The van der Waals surface area contributed by atoms with E-state index in [4.69, 9.17) is 9.15 Å². The first-order valence-electron chi connectivity index (χ1n) is 14.8. The van der Waals surface area contributed by atoms with Gasteiger partial charge in [0, 0.05) is 29.1 Å². The second-order valence-electron chi connectivity index (χ2n) is 11.4. The van der Waals surface area contributed by atoms with Crippen LogP contribution >= 0.6 is 0 Å². The average molecular weight is 616 g/mol. The van der Waals surface area contributed by atoms with E-state index in [1.165, 1.54) is 12.1 Å². The Labute approximate surface area is 263 Å². The minimum absolute atomic E-state index is 0.230. The van der Waals surface area contributed by atoms with E-state index in [9.17, 15) is 14.0 Å². The number of benzene rings is 4. The summed E-state index contributed by atoms with van der Waals surface area (Å²) in [4.78, 5) is 30.0. The monoisotopic (exact) mass is 615 g/mol. The largest absolute Gasteiger partial charge is 0.497 e. The number of hydrogen-bond donors (Lipinski definition) is 3. The highest BCUT2D eigenvalue weighted by Crippen LogP contribution is 2.44. The summed E-state index contributed by atoms with van der Waals surface area (Å²) in [6, 6.07) is 24.5. The molecule has 2 heterocycles. The molecule has 3 N–H and O–H groups in total. The number of amides is 2. The number of aromatic amines is 1.